The maximum atomic E-state index is 10.7. The SMILES string of the molecule is Cc1c(C)[n+](C(C)C)c(P(Cl)P(Cl)c2n(C(C)C)c(C)c(C)[n+]2C(C)C)n1C(C)C.ClCCl.O=S(=O)([O-])C(F)(F)F.[Cl-]. The summed E-state index contributed by atoms with van der Waals surface area (Å²) in [6, 6.07) is 1.33. The third-order valence-electron chi connectivity index (χ3n) is 6.19. The van der Waals surface area contributed by atoms with Crippen LogP contribution >= 0.6 is 59.6 Å². The van der Waals surface area contributed by atoms with Gasteiger partial charge in [0.2, 0.25) is 0 Å². The van der Waals surface area contributed by atoms with Crippen LogP contribution in [0.15, 0.2) is 0 Å². The van der Waals surface area contributed by atoms with Crippen molar-refractivity contribution in [3.05, 3.63) is 22.8 Å². The van der Waals surface area contributed by atoms with E-state index in [-0.39, 0.29) is 17.7 Å². The molecule has 2 atom stereocenters. The highest BCUT2D eigenvalue weighted by atomic mass is 35.7. The third kappa shape index (κ3) is 10.5. The van der Waals surface area contributed by atoms with E-state index in [0.717, 1.165) is 0 Å². The van der Waals surface area contributed by atoms with Crippen molar-refractivity contribution in [2.24, 2.45) is 0 Å². The molecule has 7 nitrogen and oxygen atoms in total. The van der Waals surface area contributed by atoms with Crippen molar-refractivity contribution < 1.29 is 47.7 Å². The van der Waals surface area contributed by atoms with Crippen molar-refractivity contribution in [1.29, 1.82) is 0 Å². The van der Waals surface area contributed by atoms with Crippen LogP contribution < -0.4 is 32.7 Å². The van der Waals surface area contributed by atoms with Crippen LogP contribution in [-0.2, 0) is 10.1 Å². The van der Waals surface area contributed by atoms with Crippen LogP contribution in [-0.4, -0.2) is 33.0 Å². The molecule has 248 valence electrons. The second kappa shape index (κ2) is 17.9. The van der Waals surface area contributed by atoms with E-state index in [4.69, 9.17) is 58.7 Å². The molecule has 2 heterocycles. The summed E-state index contributed by atoms with van der Waals surface area (Å²) in [4.78, 5) is 0. The molecule has 0 aromatic carbocycles. The highest BCUT2D eigenvalue weighted by Crippen LogP contribution is 2.73. The summed E-state index contributed by atoms with van der Waals surface area (Å²) >= 11 is 24.3. The monoisotopic (exact) mass is 760 g/mol. The highest BCUT2D eigenvalue weighted by molar-refractivity contribution is 8.53. The number of alkyl halides is 5. The second-order valence-corrected chi connectivity index (χ2v) is 20.2. The summed E-state index contributed by atoms with van der Waals surface area (Å²) in [7, 11) is -6.09. The van der Waals surface area contributed by atoms with Crippen molar-refractivity contribution in [1.82, 2.24) is 9.13 Å². The zero-order chi connectivity index (χ0) is 32.9. The number of rotatable bonds is 7. The zero-order valence-electron chi connectivity index (χ0n) is 25.9. The van der Waals surface area contributed by atoms with Crippen LogP contribution in [0.2, 0.25) is 0 Å². The molecule has 0 saturated heterocycles. The smallest absolute Gasteiger partial charge is 0.485 e. The summed E-state index contributed by atoms with van der Waals surface area (Å²) in [6.07, 6.45) is 0. The minimum atomic E-state index is -6.09. The molecule has 0 bridgehead atoms. The maximum absolute atomic E-state index is 10.7. The fourth-order valence-electron chi connectivity index (χ4n) is 4.52. The van der Waals surface area contributed by atoms with Crippen LogP contribution in [0.1, 0.15) is 102 Å². The summed E-state index contributed by atoms with van der Waals surface area (Å²) in [5.41, 5.74) is 1.86. The summed E-state index contributed by atoms with van der Waals surface area (Å²) in [5, 5.41) is 0.194. The molecule has 2 unspecified atom stereocenters. The van der Waals surface area contributed by atoms with Gasteiger partial charge in [-0.15, -0.1) is 23.2 Å². The topological polar surface area (TPSA) is 74.8 Å². The average Bonchev–Trinajstić information content (AvgIpc) is 3.22. The first-order chi connectivity index (χ1) is 18.4. The predicted molar refractivity (Wildman–Crippen MR) is 167 cm³/mol. The van der Waals surface area contributed by atoms with Crippen molar-refractivity contribution in [3.63, 3.8) is 0 Å². The van der Waals surface area contributed by atoms with Gasteiger partial charge in [-0.1, -0.05) is 22.5 Å². The summed E-state index contributed by atoms with van der Waals surface area (Å²) in [6.45, 7) is 24.5. The number of halogens is 8. The Morgan fingerprint density at radius 1 is 0.762 bits per heavy atom. The molecule has 18 heteroatoms. The van der Waals surface area contributed by atoms with Crippen molar-refractivity contribution in [2.75, 3.05) is 5.34 Å². The Bertz CT molecular complexity index is 1130. The van der Waals surface area contributed by atoms with Gasteiger partial charge in [-0.25, -0.2) is 26.7 Å². The Hall–Kier alpha value is 0.430. The fourth-order valence-corrected chi connectivity index (χ4v) is 11.4. The van der Waals surface area contributed by atoms with Gasteiger partial charge >= 0.3 is 5.51 Å². The first kappa shape index (κ1) is 44.6. The molecule has 2 aromatic heterocycles. The molecule has 0 amide bonds. The van der Waals surface area contributed by atoms with Crippen LogP contribution in [0, 0.1) is 27.7 Å². The number of imidazole rings is 2. The van der Waals surface area contributed by atoms with Gasteiger partial charge in [0, 0.05) is 27.7 Å². The van der Waals surface area contributed by atoms with Crippen molar-refractivity contribution in [3.8, 4) is 0 Å². The molecule has 42 heavy (non-hydrogen) atoms. The van der Waals surface area contributed by atoms with E-state index < -0.39 is 29.6 Å². The quantitative estimate of drug-likeness (QED) is 0.131. The van der Waals surface area contributed by atoms with Crippen LogP contribution in [0.25, 0.3) is 0 Å². The lowest BCUT2D eigenvalue weighted by Gasteiger charge is -2.19. The molecule has 0 spiro atoms. The van der Waals surface area contributed by atoms with Gasteiger partial charge in [0.15, 0.2) is 24.0 Å². The van der Waals surface area contributed by atoms with Crippen LogP contribution in [0.3, 0.4) is 0 Å². The minimum absolute atomic E-state index is 0. The second-order valence-electron chi connectivity index (χ2n) is 10.3. The Balaban J connectivity index is 0. The van der Waals surface area contributed by atoms with E-state index in [1.54, 1.807) is 0 Å². The largest absolute Gasteiger partial charge is 1.00 e. The number of nitrogens with zero attached hydrogens (tertiary/aromatic N) is 4. The molecule has 0 N–H and O–H groups in total. The number of hydrogen-bond acceptors (Lipinski definition) is 3. The molecule has 0 radical (unpaired) electrons. The van der Waals surface area contributed by atoms with E-state index in [9.17, 15) is 13.2 Å². The molecule has 2 aromatic rings. The minimum Gasteiger partial charge on any atom is -1.00 e. The molecular weight excluding hydrogens is 721 g/mol. The number of hydrogen-bond donors (Lipinski definition) is 0. The molecule has 2 rings (SSSR count). The molecule has 0 aliphatic heterocycles. The van der Waals surface area contributed by atoms with Crippen molar-refractivity contribution in [2.45, 2.75) is 113 Å². The van der Waals surface area contributed by atoms with E-state index in [1.165, 1.54) is 33.9 Å². The molecule has 0 fully saturated rings. The van der Waals surface area contributed by atoms with Crippen LogP contribution in [0.4, 0.5) is 13.2 Å². The molecule has 0 aliphatic rings. The summed E-state index contributed by atoms with van der Waals surface area (Å²) < 4.78 is 68.5. The van der Waals surface area contributed by atoms with Gasteiger partial charge in [-0.05, 0) is 55.4 Å². The Morgan fingerprint density at radius 2 is 0.976 bits per heavy atom. The van der Waals surface area contributed by atoms with Crippen LogP contribution in [0.5, 0.6) is 0 Å². The zero-order valence-corrected chi connectivity index (χ0v) is 32.2. The lowest BCUT2D eigenvalue weighted by atomic mass is 10.3. The van der Waals surface area contributed by atoms with Gasteiger partial charge in [0.05, 0.1) is 29.5 Å². The lowest BCUT2D eigenvalue weighted by molar-refractivity contribution is -0.704. The maximum Gasteiger partial charge on any atom is 0.485 e. The van der Waals surface area contributed by atoms with Gasteiger partial charge in [-0.2, -0.15) is 13.2 Å². The van der Waals surface area contributed by atoms with Crippen molar-refractivity contribution >= 4 is 80.9 Å². The highest BCUT2D eigenvalue weighted by Gasteiger charge is 2.45. The van der Waals surface area contributed by atoms with Gasteiger partial charge in [-0.3, -0.25) is 0 Å². The molecule has 0 saturated carbocycles. The summed E-state index contributed by atoms with van der Waals surface area (Å²) in [5.74, 6) is 0. The first-order valence-electron chi connectivity index (χ1n) is 12.7. The first-order valence-corrected chi connectivity index (χ1v) is 20.4. The van der Waals surface area contributed by atoms with E-state index >= 15 is 0 Å². The normalized spacial score (nSPS) is 13.5. The lowest BCUT2D eigenvalue weighted by Crippen LogP contribution is -3.00. The Morgan fingerprint density at radius 3 is 1.12 bits per heavy atom. The molecular formula is C24H42Cl5F3N4O3P2S. The van der Waals surface area contributed by atoms with E-state index in [0.29, 0.717) is 24.2 Å². The molecule has 0 aliphatic carbocycles. The third-order valence-corrected chi connectivity index (χ3v) is 14.9. The van der Waals surface area contributed by atoms with Gasteiger partial charge < -0.3 is 17.0 Å². The Labute approximate surface area is 277 Å². The standard InChI is InChI=1S/C22H40Cl2N4P2.CH2Cl2.CHF3O3S.ClH/c1-13(2)25-17(9)18(10)26(14(3)4)21(25)29(23)30(24)22-27(15(5)6)19(11)20(12)28(22)16(7)8;2-1-3;2-1(3,4)8(5,6)7;/h13-16H,1-12H3;1H2;(H,5,6,7);1H/q+2;;;/p-2. The van der Waals surface area contributed by atoms with E-state index in [1.807, 2.05) is 0 Å². The predicted octanol–water partition coefficient (Wildman–Crippen LogP) is 5.04. The van der Waals surface area contributed by atoms with E-state index in [2.05, 4.69) is 101 Å². The van der Waals surface area contributed by atoms with Gasteiger partial charge in [0.25, 0.3) is 11.1 Å². The average molecular weight is 763 g/mol. The fraction of sp³-hybridized carbons (Fsp3) is 0.750. The Kier molecular flexibility index (Phi) is 19.0. The van der Waals surface area contributed by atoms with Gasteiger partial charge in [0.1, 0.15) is 22.8 Å². The number of aromatic nitrogens is 4.